The fraction of sp³-hybridized carbons (Fsp3) is 0.458. The summed E-state index contributed by atoms with van der Waals surface area (Å²) in [5.74, 6) is 1.17. The van der Waals surface area contributed by atoms with Crippen LogP contribution >= 0.6 is 0 Å². The molecule has 2 unspecified atom stereocenters. The van der Waals surface area contributed by atoms with Crippen LogP contribution in [0.5, 0.6) is 17.2 Å². The van der Waals surface area contributed by atoms with Gasteiger partial charge in [0.1, 0.15) is 23.9 Å². The molecule has 33 heavy (non-hydrogen) atoms. The van der Waals surface area contributed by atoms with Crippen molar-refractivity contribution in [1.82, 2.24) is 0 Å². The van der Waals surface area contributed by atoms with Crippen molar-refractivity contribution in [2.45, 2.75) is 38.5 Å². The van der Waals surface area contributed by atoms with E-state index < -0.39 is 25.3 Å². The van der Waals surface area contributed by atoms with E-state index in [-0.39, 0.29) is 11.7 Å². The predicted octanol–water partition coefficient (Wildman–Crippen LogP) is 4.64. The molecule has 9 heteroatoms. The summed E-state index contributed by atoms with van der Waals surface area (Å²) in [4.78, 5) is 11.8. The Balaban J connectivity index is 1.66. The van der Waals surface area contributed by atoms with E-state index in [9.17, 15) is 18.0 Å². The lowest BCUT2D eigenvalue weighted by Crippen LogP contribution is -2.27. The maximum absolute atomic E-state index is 12.9. The largest absolute Gasteiger partial charge is 0.493 e. The lowest BCUT2D eigenvalue weighted by atomic mass is 10.1. The minimum Gasteiger partial charge on any atom is -0.493 e. The Hall–Kier alpha value is -2.94. The average molecular weight is 470 g/mol. The van der Waals surface area contributed by atoms with Gasteiger partial charge in [-0.3, -0.25) is 0 Å². The Bertz CT molecular complexity index is 814. The predicted molar refractivity (Wildman–Crippen MR) is 116 cm³/mol. The van der Waals surface area contributed by atoms with Gasteiger partial charge >= 0.3 is 5.97 Å². The summed E-state index contributed by atoms with van der Waals surface area (Å²) in [6.45, 7) is 2.20. The van der Waals surface area contributed by atoms with Gasteiger partial charge in [-0.1, -0.05) is 12.1 Å². The Morgan fingerprint density at radius 2 is 1.36 bits per heavy atom. The second kappa shape index (κ2) is 14.3. The molecule has 182 valence electrons. The Labute approximate surface area is 191 Å². The van der Waals surface area contributed by atoms with Crippen LogP contribution in [0.15, 0.2) is 48.5 Å². The molecule has 0 saturated heterocycles. The number of carbonyl (C=O) groups is 1. The maximum atomic E-state index is 12.9. The molecule has 2 aromatic rings. The van der Waals surface area contributed by atoms with E-state index in [1.807, 2.05) is 24.3 Å². The summed E-state index contributed by atoms with van der Waals surface area (Å²) in [6.07, 6.45) is -4.98. The molecule has 0 aliphatic rings. The SMILES string of the molecule is CCOC(=O)C(Cc1ccc(OCCCOc2ccc(OCC(F)C(F)F)cc2)cc1)OC. The molecule has 0 amide bonds. The quantitative estimate of drug-likeness (QED) is 0.279. The molecule has 2 aromatic carbocycles. The first-order chi connectivity index (χ1) is 15.9. The monoisotopic (exact) mass is 470 g/mol. The van der Waals surface area contributed by atoms with Crippen molar-refractivity contribution in [2.75, 3.05) is 33.5 Å². The highest BCUT2D eigenvalue weighted by Crippen LogP contribution is 2.19. The van der Waals surface area contributed by atoms with Gasteiger partial charge in [0.05, 0.1) is 19.8 Å². The molecule has 0 N–H and O–H groups in total. The van der Waals surface area contributed by atoms with Crippen LogP contribution in [0.2, 0.25) is 0 Å². The molecular weight excluding hydrogens is 441 g/mol. The number of hydrogen-bond acceptors (Lipinski definition) is 6. The Morgan fingerprint density at radius 1 is 0.848 bits per heavy atom. The molecule has 0 spiro atoms. The standard InChI is InChI=1S/C24H29F3O6/c1-3-30-24(28)22(29-2)15-17-5-7-18(8-6-17)31-13-4-14-32-19-9-11-20(12-10-19)33-16-21(25)23(26)27/h5-12,21-23H,3-4,13-16H2,1-2H3. The summed E-state index contributed by atoms with van der Waals surface area (Å²) < 4.78 is 63.6. The topological polar surface area (TPSA) is 63.2 Å². The fourth-order valence-corrected chi connectivity index (χ4v) is 2.75. The molecule has 6 nitrogen and oxygen atoms in total. The van der Waals surface area contributed by atoms with Crippen LogP contribution in [0.25, 0.3) is 0 Å². The summed E-state index contributed by atoms with van der Waals surface area (Å²) >= 11 is 0. The van der Waals surface area contributed by atoms with Gasteiger partial charge in [-0.15, -0.1) is 0 Å². The van der Waals surface area contributed by atoms with E-state index >= 15 is 0 Å². The third-order valence-corrected chi connectivity index (χ3v) is 4.51. The molecule has 0 aromatic heterocycles. The smallest absolute Gasteiger partial charge is 0.335 e. The van der Waals surface area contributed by atoms with Gasteiger partial charge in [-0.2, -0.15) is 0 Å². The summed E-state index contributed by atoms with van der Waals surface area (Å²) in [7, 11) is 1.47. The van der Waals surface area contributed by atoms with E-state index in [0.717, 1.165) is 5.56 Å². The maximum Gasteiger partial charge on any atom is 0.335 e. The van der Waals surface area contributed by atoms with E-state index in [1.165, 1.54) is 19.2 Å². The van der Waals surface area contributed by atoms with E-state index in [0.29, 0.717) is 44.2 Å². The molecule has 2 rings (SSSR count). The van der Waals surface area contributed by atoms with Crippen LogP contribution in [0.4, 0.5) is 13.2 Å². The van der Waals surface area contributed by atoms with Crippen molar-refractivity contribution in [3.63, 3.8) is 0 Å². The van der Waals surface area contributed by atoms with Crippen molar-refractivity contribution >= 4 is 5.97 Å². The van der Waals surface area contributed by atoms with E-state index in [2.05, 4.69) is 0 Å². The first-order valence-electron chi connectivity index (χ1n) is 10.6. The van der Waals surface area contributed by atoms with Gasteiger partial charge in [0.2, 0.25) is 0 Å². The number of esters is 1. The highest BCUT2D eigenvalue weighted by molar-refractivity contribution is 5.75. The molecule has 0 bridgehead atoms. The van der Waals surface area contributed by atoms with Crippen molar-refractivity contribution in [3.8, 4) is 17.2 Å². The van der Waals surface area contributed by atoms with E-state index in [1.54, 1.807) is 19.1 Å². The van der Waals surface area contributed by atoms with Crippen molar-refractivity contribution in [1.29, 1.82) is 0 Å². The fourth-order valence-electron chi connectivity index (χ4n) is 2.75. The third kappa shape index (κ3) is 9.61. The molecule has 0 saturated carbocycles. The van der Waals surface area contributed by atoms with Crippen molar-refractivity contribution < 1.29 is 41.7 Å². The number of benzene rings is 2. The highest BCUT2D eigenvalue weighted by Gasteiger charge is 2.20. The van der Waals surface area contributed by atoms with Crippen molar-refractivity contribution in [2.24, 2.45) is 0 Å². The van der Waals surface area contributed by atoms with Crippen LogP contribution in [-0.4, -0.2) is 58.2 Å². The molecule has 0 heterocycles. The summed E-state index contributed by atoms with van der Waals surface area (Å²) in [5, 5.41) is 0. The number of carbonyl (C=O) groups excluding carboxylic acids is 1. The summed E-state index contributed by atoms with van der Waals surface area (Å²) in [6, 6.07) is 13.7. The van der Waals surface area contributed by atoms with Gasteiger partial charge in [0, 0.05) is 20.0 Å². The van der Waals surface area contributed by atoms with E-state index in [4.69, 9.17) is 23.7 Å². The van der Waals surface area contributed by atoms with Gasteiger partial charge in [0.15, 0.2) is 12.3 Å². The molecule has 2 atom stereocenters. The molecule has 0 radical (unpaired) electrons. The van der Waals surface area contributed by atoms with Crippen LogP contribution < -0.4 is 14.2 Å². The van der Waals surface area contributed by atoms with Gasteiger partial charge < -0.3 is 23.7 Å². The molecular formula is C24H29F3O6. The normalized spacial score (nSPS) is 12.8. The van der Waals surface area contributed by atoms with Crippen LogP contribution in [0.1, 0.15) is 18.9 Å². The first kappa shape index (κ1) is 26.3. The van der Waals surface area contributed by atoms with Gasteiger partial charge in [-0.05, 0) is 48.9 Å². The van der Waals surface area contributed by atoms with Crippen LogP contribution in [-0.2, 0) is 20.7 Å². The zero-order valence-corrected chi connectivity index (χ0v) is 18.7. The first-order valence-corrected chi connectivity index (χ1v) is 10.6. The number of alkyl halides is 3. The van der Waals surface area contributed by atoms with Crippen LogP contribution in [0, 0.1) is 0 Å². The second-order valence-electron chi connectivity index (χ2n) is 7.01. The molecule has 0 aliphatic carbocycles. The lowest BCUT2D eigenvalue weighted by Gasteiger charge is -2.14. The number of rotatable bonds is 15. The second-order valence-corrected chi connectivity index (χ2v) is 7.01. The van der Waals surface area contributed by atoms with Crippen LogP contribution in [0.3, 0.4) is 0 Å². The van der Waals surface area contributed by atoms with Gasteiger partial charge in [-0.25, -0.2) is 18.0 Å². The minimum atomic E-state index is -3.06. The third-order valence-electron chi connectivity index (χ3n) is 4.51. The van der Waals surface area contributed by atoms with Crippen molar-refractivity contribution in [3.05, 3.63) is 54.1 Å². The zero-order chi connectivity index (χ0) is 24.1. The number of methoxy groups -OCH3 is 1. The number of ether oxygens (including phenoxy) is 5. The Morgan fingerprint density at radius 3 is 1.85 bits per heavy atom. The zero-order valence-electron chi connectivity index (χ0n) is 18.7. The lowest BCUT2D eigenvalue weighted by molar-refractivity contribution is -0.154. The highest BCUT2D eigenvalue weighted by atomic mass is 19.3. The Kier molecular flexibility index (Phi) is 11.4. The number of hydrogen-bond donors (Lipinski definition) is 0. The minimum absolute atomic E-state index is 0.288. The molecule has 0 fully saturated rings. The molecule has 0 aliphatic heterocycles. The number of halogens is 3. The average Bonchev–Trinajstić information content (AvgIpc) is 2.82. The van der Waals surface area contributed by atoms with Gasteiger partial charge in [0.25, 0.3) is 6.43 Å². The summed E-state index contributed by atoms with van der Waals surface area (Å²) in [5.41, 5.74) is 0.925.